The van der Waals surface area contributed by atoms with Crippen LogP contribution < -0.4 is 5.32 Å². The van der Waals surface area contributed by atoms with Crippen molar-refractivity contribution in [1.29, 1.82) is 0 Å². The third-order valence-corrected chi connectivity index (χ3v) is 3.15. The number of hydrogen-bond donors (Lipinski definition) is 2. The first-order valence-electron chi connectivity index (χ1n) is 4.86. The summed E-state index contributed by atoms with van der Waals surface area (Å²) >= 11 is 1.60. The van der Waals surface area contributed by atoms with E-state index in [-0.39, 0.29) is 5.91 Å². The first-order chi connectivity index (χ1) is 6.25. The fourth-order valence-corrected chi connectivity index (χ4v) is 1.30. The quantitative estimate of drug-likeness (QED) is 0.735. The predicted octanol–water partition coefficient (Wildman–Crippen LogP) is 1.40. The van der Waals surface area contributed by atoms with E-state index in [0.29, 0.717) is 11.0 Å². The number of carbonyl (C=O) groups is 1. The van der Waals surface area contributed by atoms with Crippen LogP contribution in [0.15, 0.2) is 0 Å². The molecule has 0 radical (unpaired) electrons. The number of nitrogens with one attached hydrogen (secondary N) is 1. The number of hydrogen-bond acceptors (Lipinski definition) is 3. The van der Waals surface area contributed by atoms with Crippen molar-refractivity contribution in [2.75, 3.05) is 5.75 Å². The molecule has 0 spiro atoms. The summed E-state index contributed by atoms with van der Waals surface area (Å²) in [6, 6.07) is 0. The highest BCUT2D eigenvalue weighted by atomic mass is 32.2. The van der Waals surface area contributed by atoms with Crippen LogP contribution in [0.2, 0.25) is 0 Å². The Morgan fingerprint density at radius 2 is 1.93 bits per heavy atom. The zero-order valence-electron chi connectivity index (χ0n) is 9.63. The van der Waals surface area contributed by atoms with Crippen LogP contribution >= 0.6 is 11.8 Å². The number of rotatable bonds is 5. The van der Waals surface area contributed by atoms with Crippen LogP contribution in [0.5, 0.6) is 0 Å². The first-order valence-corrected chi connectivity index (χ1v) is 5.91. The SMILES string of the molecule is CC(C)SCC(=O)NC(C)(C)C(C)O. The molecule has 1 unspecified atom stereocenters. The van der Waals surface area contributed by atoms with Crippen molar-refractivity contribution >= 4 is 17.7 Å². The van der Waals surface area contributed by atoms with Gasteiger partial charge < -0.3 is 10.4 Å². The van der Waals surface area contributed by atoms with Gasteiger partial charge in [0.1, 0.15) is 0 Å². The molecule has 0 heterocycles. The van der Waals surface area contributed by atoms with Crippen LogP contribution in [-0.2, 0) is 4.79 Å². The molecule has 0 aliphatic heterocycles. The van der Waals surface area contributed by atoms with Gasteiger partial charge in [-0.1, -0.05) is 13.8 Å². The van der Waals surface area contributed by atoms with Crippen LogP contribution in [-0.4, -0.2) is 33.7 Å². The van der Waals surface area contributed by atoms with Gasteiger partial charge >= 0.3 is 0 Å². The zero-order valence-corrected chi connectivity index (χ0v) is 10.4. The van der Waals surface area contributed by atoms with Gasteiger partial charge in [-0.2, -0.15) is 0 Å². The Morgan fingerprint density at radius 3 is 2.29 bits per heavy atom. The standard InChI is InChI=1S/C10H21NO2S/c1-7(2)14-6-9(13)11-10(4,5)8(3)12/h7-8,12H,6H2,1-5H3,(H,11,13). The van der Waals surface area contributed by atoms with Gasteiger partial charge in [0.15, 0.2) is 0 Å². The Balaban J connectivity index is 3.94. The molecule has 0 saturated carbocycles. The maximum absolute atomic E-state index is 11.4. The lowest BCUT2D eigenvalue weighted by atomic mass is 9.99. The van der Waals surface area contributed by atoms with Crippen molar-refractivity contribution in [3.63, 3.8) is 0 Å². The molecular formula is C10H21NO2S. The highest BCUT2D eigenvalue weighted by Gasteiger charge is 2.25. The molecule has 0 rings (SSSR count). The van der Waals surface area contributed by atoms with Gasteiger partial charge in [0.05, 0.1) is 17.4 Å². The summed E-state index contributed by atoms with van der Waals surface area (Å²) in [5.74, 6) is 0.433. The third-order valence-electron chi connectivity index (χ3n) is 2.05. The third kappa shape index (κ3) is 5.50. The van der Waals surface area contributed by atoms with Gasteiger partial charge in [0, 0.05) is 0 Å². The molecule has 0 bridgehead atoms. The lowest BCUT2D eigenvalue weighted by Gasteiger charge is -2.29. The zero-order chi connectivity index (χ0) is 11.4. The van der Waals surface area contributed by atoms with Crippen LogP contribution in [0, 0.1) is 0 Å². The van der Waals surface area contributed by atoms with Gasteiger partial charge in [0.25, 0.3) is 0 Å². The van der Waals surface area contributed by atoms with Crippen molar-refractivity contribution in [2.24, 2.45) is 0 Å². The second kappa shape index (κ2) is 5.61. The minimum Gasteiger partial charge on any atom is -0.391 e. The monoisotopic (exact) mass is 219 g/mol. The summed E-state index contributed by atoms with van der Waals surface area (Å²) in [5.41, 5.74) is -0.547. The van der Waals surface area contributed by atoms with Crippen molar-refractivity contribution in [2.45, 2.75) is 51.5 Å². The average molecular weight is 219 g/mol. The second-order valence-electron chi connectivity index (χ2n) is 4.31. The maximum Gasteiger partial charge on any atom is 0.230 e. The molecule has 2 N–H and O–H groups in total. The molecule has 1 atom stereocenters. The fraction of sp³-hybridized carbons (Fsp3) is 0.900. The summed E-state index contributed by atoms with van der Waals surface area (Å²) < 4.78 is 0. The number of carbonyl (C=O) groups excluding carboxylic acids is 1. The molecule has 0 aliphatic carbocycles. The molecule has 0 aromatic heterocycles. The molecule has 3 nitrogen and oxygen atoms in total. The number of aliphatic hydroxyl groups excluding tert-OH is 1. The predicted molar refractivity (Wildman–Crippen MR) is 61.5 cm³/mol. The summed E-state index contributed by atoms with van der Waals surface area (Å²) in [5, 5.41) is 12.6. The lowest BCUT2D eigenvalue weighted by molar-refractivity contribution is -0.121. The van der Waals surface area contributed by atoms with E-state index in [4.69, 9.17) is 0 Å². The van der Waals surface area contributed by atoms with E-state index in [1.54, 1.807) is 18.7 Å². The van der Waals surface area contributed by atoms with Crippen molar-refractivity contribution < 1.29 is 9.90 Å². The topological polar surface area (TPSA) is 49.3 Å². The van der Waals surface area contributed by atoms with E-state index in [1.165, 1.54) is 0 Å². The summed E-state index contributed by atoms with van der Waals surface area (Å²) in [4.78, 5) is 11.4. The Labute approximate surface area is 90.7 Å². The largest absolute Gasteiger partial charge is 0.391 e. The fourth-order valence-electron chi connectivity index (χ4n) is 0.742. The normalized spacial score (nSPS) is 14.2. The van der Waals surface area contributed by atoms with E-state index >= 15 is 0 Å². The second-order valence-corrected chi connectivity index (χ2v) is 5.87. The van der Waals surface area contributed by atoms with E-state index in [9.17, 15) is 9.90 Å². The van der Waals surface area contributed by atoms with Gasteiger partial charge in [-0.3, -0.25) is 4.79 Å². The highest BCUT2D eigenvalue weighted by molar-refractivity contribution is 8.00. The van der Waals surface area contributed by atoms with Gasteiger partial charge in [-0.25, -0.2) is 0 Å². The van der Waals surface area contributed by atoms with E-state index < -0.39 is 11.6 Å². The van der Waals surface area contributed by atoms with E-state index in [0.717, 1.165) is 0 Å². The Hall–Kier alpha value is -0.220. The summed E-state index contributed by atoms with van der Waals surface area (Å²) in [6.45, 7) is 9.41. The smallest absolute Gasteiger partial charge is 0.230 e. The molecule has 0 aliphatic rings. The first kappa shape index (κ1) is 13.8. The lowest BCUT2D eigenvalue weighted by Crippen LogP contribution is -2.51. The van der Waals surface area contributed by atoms with Crippen LogP contribution in [0.25, 0.3) is 0 Å². The number of aliphatic hydroxyl groups is 1. The molecule has 84 valence electrons. The molecule has 4 heteroatoms. The molecule has 0 aromatic carbocycles. The highest BCUT2D eigenvalue weighted by Crippen LogP contribution is 2.11. The Morgan fingerprint density at radius 1 is 1.43 bits per heavy atom. The summed E-state index contributed by atoms with van der Waals surface area (Å²) in [7, 11) is 0. The van der Waals surface area contributed by atoms with E-state index in [2.05, 4.69) is 19.2 Å². The minimum absolute atomic E-state index is 0.0189. The maximum atomic E-state index is 11.4. The molecule has 0 saturated heterocycles. The van der Waals surface area contributed by atoms with Gasteiger partial charge in [0.2, 0.25) is 5.91 Å². The van der Waals surface area contributed by atoms with Crippen LogP contribution in [0.3, 0.4) is 0 Å². The Kier molecular flexibility index (Phi) is 5.52. The molecular weight excluding hydrogens is 198 g/mol. The number of thioether (sulfide) groups is 1. The molecule has 1 amide bonds. The average Bonchev–Trinajstić information content (AvgIpc) is 1.99. The minimum atomic E-state index is -0.547. The van der Waals surface area contributed by atoms with Crippen molar-refractivity contribution in [3.05, 3.63) is 0 Å². The summed E-state index contributed by atoms with van der Waals surface area (Å²) in [6.07, 6.45) is -0.546. The number of amides is 1. The van der Waals surface area contributed by atoms with Crippen LogP contribution in [0.4, 0.5) is 0 Å². The van der Waals surface area contributed by atoms with E-state index in [1.807, 2.05) is 13.8 Å². The van der Waals surface area contributed by atoms with Gasteiger partial charge in [-0.05, 0) is 26.0 Å². The molecule has 0 aromatic rings. The van der Waals surface area contributed by atoms with Crippen molar-refractivity contribution in [1.82, 2.24) is 5.32 Å². The van der Waals surface area contributed by atoms with Gasteiger partial charge in [-0.15, -0.1) is 11.8 Å². The van der Waals surface area contributed by atoms with Crippen LogP contribution in [0.1, 0.15) is 34.6 Å². The van der Waals surface area contributed by atoms with Crippen molar-refractivity contribution in [3.8, 4) is 0 Å². The Bertz CT molecular complexity index is 191. The molecule has 14 heavy (non-hydrogen) atoms. The molecule has 0 fully saturated rings.